The molecule has 0 aliphatic heterocycles. The first-order valence-electron chi connectivity index (χ1n) is 7.82. The zero-order chi connectivity index (χ0) is 16.8. The number of fused-ring (bicyclic) bond motifs is 1. The Labute approximate surface area is 136 Å². The number of esters is 1. The molecule has 0 N–H and O–H groups in total. The Balaban J connectivity index is 2.05. The van der Waals surface area contributed by atoms with Crippen LogP contribution in [0.4, 0.5) is 0 Å². The zero-order valence-corrected chi connectivity index (χ0v) is 13.8. The Kier molecular flexibility index (Phi) is 5.74. The molecule has 2 aromatic carbocycles. The molecule has 23 heavy (non-hydrogen) atoms. The van der Waals surface area contributed by atoms with E-state index in [4.69, 9.17) is 9.47 Å². The second-order valence-corrected chi connectivity index (χ2v) is 5.65. The molecule has 1 unspecified atom stereocenters. The van der Waals surface area contributed by atoms with Crippen LogP contribution in [0.5, 0.6) is 5.75 Å². The van der Waals surface area contributed by atoms with Crippen LogP contribution < -0.4 is 4.74 Å². The second kappa shape index (κ2) is 7.77. The average molecular weight is 314 g/mol. The molecular formula is C19H22O4. The molecule has 0 aliphatic rings. The first kappa shape index (κ1) is 17.0. The number of carbonyl (C=O) groups excluding carboxylic acids is 2. The lowest BCUT2D eigenvalue weighted by Crippen LogP contribution is -2.19. The van der Waals surface area contributed by atoms with Crippen molar-refractivity contribution in [1.29, 1.82) is 0 Å². The maximum atomic E-state index is 12.2. The highest BCUT2D eigenvalue weighted by atomic mass is 16.5. The lowest BCUT2D eigenvalue weighted by Gasteiger charge is -2.10. The molecule has 4 nitrogen and oxygen atoms in total. The van der Waals surface area contributed by atoms with Gasteiger partial charge in [-0.25, -0.2) is 0 Å². The van der Waals surface area contributed by atoms with E-state index in [2.05, 4.69) is 0 Å². The molecule has 0 saturated heterocycles. The van der Waals surface area contributed by atoms with Gasteiger partial charge in [-0.15, -0.1) is 0 Å². The van der Waals surface area contributed by atoms with Crippen molar-refractivity contribution in [2.75, 3.05) is 13.7 Å². The Bertz CT molecular complexity index is 706. The van der Waals surface area contributed by atoms with Crippen molar-refractivity contribution in [3.63, 3.8) is 0 Å². The Morgan fingerprint density at radius 3 is 2.48 bits per heavy atom. The van der Waals surface area contributed by atoms with Crippen LogP contribution in [0.1, 0.15) is 37.0 Å². The van der Waals surface area contributed by atoms with Gasteiger partial charge in [0.1, 0.15) is 5.75 Å². The van der Waals surface area contributed by atoms with Gasteiger partial charge in [0, 0.05) is 5.56 Å². The summed E-state index contributed by atoms with van der Waals surface area (Å²) in [6.07, 6.45) is 1.68. The Morgan fingerprint density at radius 1 is 1.09 bits per heavy atom. The van der Waals surface area contributed by atoms with Crippen molar-refractivity contribution in [3.8, 4) is 5.75 Å². The third-order valence-corrected chi connectivity index (χ3v) is 3.84. The SMILES string of the molecule is CCCC(C)C(=O)OCC(=O)c1ccc2cc(OC)ccc2c1. The van der Waals surface area contributed by atoms with E-state index in [0.29, 0.717) is 5.56 Å². The van der Waals surface area contributed by atoms with Crippen LogP contribution in [0.25, 0.3) is 10.8 Å². The molecule has 1 atom stereocenters. The van der Waals surface area contributed by atoms with Gasteiger partial charge in [-0.05, 0) is 35.4 Å². The van der Waals surface area contributed by atoms with Gasteiger partial charge < -0.3 is 9.47 Å². The van der Waals surface area contributed by atoms with Crippen LogP contribution in [-0.2, 0) is 9.53 Å². The summed E-state index contributed by atoms with van der Waals surface area (Å²) in [4.78, 5) is 24.0. The van der Waals surface area contributed by atoms with Crippen LogP contribution >= 0.6 is 0 Å². The molecule has 0 radical (unpaired) electrons. The minimum atomic E-state index is -0.314. The number of hydrogen-bond acceptors (Lipinski definition) is 4. The predicted octanol–water partition coefficient (Wildman–Crippen LogP) is 4.01. The second-order valence-electron chi connectivity index (χ2n) is 5.65. The fraction of sp³-hybridized carbons (Fsp3) is 0.368. The molecule has 4 heteroatoms. The molecule has 0 amide bonds. The molecule has 0 heterocycles. The van der Waals surface area contributed by atoms with E-state index in [-0.39, 0.29) is 24.3 Å². The molecule has 2 aromatic rings. The molecule has 0 aliphatic carbocycles. The molecule has 0 bridgehead atoms. The third-order valence-electron chi connectivity index (χ3n) is 3.84. The number of methoxy groups -OCH3 is 1. The molecule has 122 valence electrons. The van der Waals surface area contributed by atoms with Crippen LogP contribution in [-0.4, -0.2) is 25.5 Å². The van der Waals surface area contributed by atoms with E-state index in [9.17, 15) is 9.59 Å². The fourth-order valence-electron chi connectivity index (χ4n) is 2.44. The minimum absolute atomic E-state index is 0.170. The summed E-state index contributed by atoms with van der Waals surface area (Å²) in [6, 6.07) is 11.1. The largest absolute Gasteiger partial charge is 0.497 e. The lowest BCUT2D eigenvalue weighted by atomic mass is 10.0. The average Bonchev–Trinajstić information content (AvgIpc) is 2.58. The van der Waals surface area contributed by atoms with E-state index in [1.165, 1.54) is 0 Å². The Morgan fingerprint density at radius 2 is 1.78 bits per heavy atom. The standard InChI is InChI=1S/C19H22O4/c1-4-5-13(2)19(21)23-12-18(20)16-7-6-15-11-17(22-3)9-8-14(15)10-16/h6-11,13H,4-5,12H2,1-3H3. The van der Waals surface area contributed by atoms with Crippen molar-refractivity contribution in [2.45, 2.75) is 26.7 Å². The van der Waals surface area contributed by atoms with E-state index in [1.807, 2.05) is 38.1 Å². The van der Waals surface area contributed by atoms with Crippen molar-refractivity contribution < 1.29 is 19.1 Å². The number of ether oxygens (including phenoxy) is 2. The van der Waals surface area contributed by atoms with Crippen LogP contribution in [0.3, 0.4) is 0 Å². The van der Waals surface area contributed by atoms with Gasteiger partial charge in [-0.3, -0.25) is 9.59 Å². The number of hydrogen-bond donors (Lipinski definition) is 0. The van der Waals surface area contributed by atoms with Crippen molar-refractivity contribution >= 4 is 22.5 Å². The van der Waals surface area contributed by atoms with Crippen LogP contribution in [0.2, 0.25) is 0 Å². The topological polar surface area (TPSA) is 52.6 Å². The lowest BCUT2D eigenvalue weighted by molar-refractivity contribution is -0.146. The monoisotopic (exact) mass is 314 g/mol. The first-order valence-corrected chi connectivity index (χ1v) is 7.82. The normalized spacial score (nSPS) is 12.0. The molecule has 0 saturated carbocycles. The molecule has 0 aromatic heterocycles. The quantitative estimate of drug-likeness (QED) is 0.572. The van der Waals surface area contributed by atoms with Crippen LogP contribution in [0, 0.1) is 5.92 Å². The van der Waals surface area contributed by atoms with Gasteiger partial charge in [-0.2, -0.15) is 0 Å². The number of benzene rings is 2. The maximum absolute atomic E-state index is 12.2. The van der Waals surface area contributed by atoms with Crippen LogP contribution in [0.15, 0.2) is 36.4 Å². The number of ketones is 1. The van der Waals surface area contributed by atoms with E-state index in [1.54, 1.807) is 19.2 Å². The van der Waals surface area contributed by atoms with Gasteiger partial charge in [0.2, 0.25) is 0 Å². The van der Waals surface area contributed by atoms with E-state index in [0.717, 1.165) is 29.4 Å². The first-order chi connectivity index (χ1) is 11.0. The predicted molar refractivity (Wildman–Crippen MR) is 89.9 cm³/mol. The summed E-state index contributed by atoms with van der Waals surface area (Å²) in [5.74, 6) is 0.0952. The minimum Gasteiger partial charge on any atom is -0.497 e. The zero-order valence-electron chi connectivity index (χ0n) is 13.8. The summed E-state index contributed by atoms with van der Waals surface area (Å²) in [5, 5.41) is 1.94. The van der Waals surface area contributed by atoms with Crippen molar-refractivity contribution in [1.82, 2.24) is 0 Å². The summed E-state index contributed by atoms with van der Waals surface area (Å²) in [6.45, 7) is 3.62. The van der Waals surface area contributed by atoms with Gasteiger partial charge in [0.25, 0.3) is 0 Å². The smallest absolute Gasteiger partial charge is 0.309 e. The van der Waals surface area contributed by atoms with Gasteiger partial charge >= 0.3 is 5.97 Å². The molecule has 0 spiro atoms. The highest BCUT2D eigenvalue weighted by molar-refractivity contribution is 6.01. The highest BCUT2D eigenvalue weighted by Crippen LogP contribution is 2.22. The maximum Gasteiger partial charge on any atom is 0.309 e. The summed E-state index contributed by atoms with van der Waals surface area (Å²) in [7, 11) is 1.62. The van der Waals surface area contributed by atoms with Crippen molar-refractivity contribution in [3.05, 3.63) is 42.0 Å². The summed E-state index contributed by atoms with van der Waals surface area (Å²) >= 11 is 0. The number of rotatable bonds is 7. The molecule has 0 fully saturated rings. The number of Topliss-reactive ketones (excluding diaryl/α,β-unsaturated/α-hetero) is 1. The molecule has 2 rings (SSSR count). The van der Waals surface area contributed by atoms with E-state index >= 15 is 0 Å². The molecular weight excluding hydrogens is 292 g/mol. The van der Waals surface area contributed by atoms with Gasteiger partial charge in [-0.1, -0.05) is 38.5 Å². The Hall–Kier alpha value is -2.36. The fourth-order valence-corrected chi connectivity index (χ4v) is 2.44. The third kappa shape index (κ3) is 4.31. The van der Waals surface area contributed by atoms with Gasteiger partial charge in [0.15, 0.2) is 12.4 Å². The highest BCUT2D eigenvalue weighted by Gasteiger charge is 2.16. The summed E-state index contributed by atoms with van der Waals surface area (Å²) < 4.78 is 10.3. The number of carbonyl (C=O) groups is 2. The van der Waals surface area contributed by atoms with Gasteiger partial charge in [0.05, 0.1) is 13.0 Å². The summed E-state index contributed by atoms with van der Waals surface area (Å²) in [5.41, 5.74) is 0.540. The van der Waals surface area contributed by atoms with E-state index < -0.39 is 0 Å². The van der Waals surface area contributed by atoms with Crippen molar-refractivity contribution in [2.24, 2.45) is 5.92 Å².